The molecule has 8 nitrogen and oxygen atoms in total. The third-order valence-corrected chi connectivity index (χ3v) is 5.92. The molecule has 2 N–H and O–H groups in total. The first-order valence-corrected chi connectivity index (χ1v) is 11.7. The first kappa shape index (κ1) is 24.5. The van der Waals surface area contributed by atoms with E-state index in [0.29, 0.717) is 29.4 Å². The van der Waals surface area contributed by atoms with E-state index >= 15 is 0 Å². The maximum Gasteiger partial charge on any atom is 0.287 e. The highest BCUT2D eigenvalue weighted by Crippen LogP contribution is 2.29. The van der Waals surface area contributed by atoms with Crippen molar-refractivity contribution < 1.29 is 23.5 Å². The van der Waals surface area contributed by atoms with Crippen molar-refractivity contribution in [3.63, 3.8) is 0 Å². The number of amides is 3. The van der Waals surface area contributed by atoms with E-state index in [1.807, 2.05) is 6.07 Å². The van der Waals surface area contributed by atoms with Gasteiger partial charge in [0.2, 0.25) is 11.8 Å². The van der Waals surface area contributed by atoms with Crippen LogP contribution in [0.4, 0.5) is 5.69 Å². The van der Waals surface area contributed by atoms with Gasteiger partial charge < -0.3 is 19.8 Å². The number of ether oxygens (including phenoxy) is 1. The van der Waals surface area contributed by atoms with Crippen LogP contribution in [-0.2, 0) is 14.3 Å². The van der Waals surface area contributed by atoms with Crippen molar-refractivity contribution in [1.82, 2.24) is 10.6 Å². The minimum atomic E-state index is -0.980. The number of halogens is 1. The normalized spacial score (nSPS) is 15.9. The van der Waals surface area contributed by atoms with Crippen molar-refractivity contribution in [2.24, 2.45) is 0 Å². The summed E-state index contributed by atoms with van der Waals surface area (Å²) in [5.74, 6) is -1.27. The van der Waals surface area contributed by atoms with Crippen molar-refractivity contribution in [2.45, 2.75) is 25.0 Å². The minimum absolute atomic E-state index is 0.0531. The fourth-order valence-electron chi connectivity index (χ4n) is 3.94. The fraction of sp³-hybridized carbons (Fsp3) is 0.269. The van der Waals surface area contributed by atoms with Crippen LogP contribution in [0.15, 0.2) is 77.4 Å². The summed E-state index contributed by atoms with van der Waals surface area (Å²) in [5, 5.41) is 6.00. The number of carbonyl (C=O) groups is 3. The van der Waals surface area contributed by atoms with Crippen LogP contribution in [0.1, 0.15) is 35.0 Å². The molecule has 0 bridgehead atoms. The predicted molar refractivity (Wildman–Crippen MR) is 131 cm³/mol. The SMILES string of the molecule is O=C(NCC(=O)N(c1ccc(Cl)cc1)[C@H](C(=O)NC[C@@H]1CCCO1)c1ccccc1)c1ccco1. The molecular weight excluding hydrogens is 470 g/mol. The van der Waals surface area contributed by atoms with Gasteiger partial charge in [0, 0.05) is 23.9 Å². The van der Waals surface area contributed by atoms with Crippen LogP contribution in [0.25, 0.3) is 0 Å². The third-order valence-electron chi connectivity index (χ3n) is 5.67. The number of hydrogen-bond donors (Lipinski definition) is 2. The molecule has 0 saturated carbocycles. The molecule has 3 amide bonds. The van der Waals surface area contributed by atoms with Crippen LogP contribution >= 0.6 is 11.6 Å². The second-order valence-corrected chi connectivity index (χ2v) is 8.53. The highest BCUT2D eigenvalue weighted by Gasteiger charge is 2.33. The fourth-order valence-corrected chi connectivity index (χ4v) is 4.07. The lowest BCUT2D eigenvalue weighted by molar-refractivity contribution is -0.126. The Morgan fingerprint density at radius 3 is 2.43 bits per heavy atom. The number of hydrogen-bond acceptors (Lipinski definition) is 5. The molecular formula is C26H26ClN3O5. The maximum atomic E-state index is 13.5. The summed E-state index contributed by atoms with van der Waals surface area (Å²) >= 11 is 6.07. The number of anilines is 1. The first-order chi connectivity index (χ1) is 17.0. The zero-order chi connectivity index (χ0) is 24.6. The molecule has 0 radical (unpaired) electrons. The standard InChI is InChI=1S/C26H26ClN3O5/c27-19-10-12-20(13-11-19)30(23(31)17-29-25(32)22-9-5-15-35-22)24(18-6-2-1-3-7-18)26(33)28-16-21-8-4-14-34-21/h1-3,5-7,9-13,15,21,24H,4,8,14,16-17H2,(H,28,33)(H,29,32)/t21-,24-/m0/s1. The zero-order valence-corrected chi connectivity index (χ0v) is 19.7. The van der Waals surface area contributed by atoms with Gasteiger partial charge in [-0.3, -0.25) is 19.3 Å². The molecule has 182 valence electrons. The number of benzene rings is 2. The molecule has 1 aromatic heterocycles. The van der Waals surface area contributed by atoms with Gasteiger partial charge in [-0.05, 0) is 54.8 Å². The van der Waals surface area contributed by atoms with Gasteiger partial charge in [-0.25, -0.2) is 0 Å². The topological polar surface area (TPSA) is 101 Å². The second kappa shape index (κ2) is 11.7. The molecule has 0 aliphatic carbocycles. The lowest BCUT2D eigenvalue weighted by atomic mass is 10.0. The Balaban J connectivity index is 1.62. The van der Waals surface area contributed by atoms with E-state index in [2.05, 4.69) is 10.6 Å². The molecule has 0 spiro atoms. The van der Waals surface area contributed by atoms with Crippen LogP contribution in [0.2, 0.25) is 5.02 Å². The zero-order valence-electron chi connectivity index (χ0n) is 19.0. The van der Waals surface area contributed by atoms with Crippen molar-refractivity contribution in [1.29, 1.82) is 0 Å². The molecule has 1 fully saturated rings. The Bertz CT molecular complexity index is 1130. The van der Waals surface area contributed by atoms with Crippen molar-refractivity contribution in [2.75, 3.05) is 24.6 Å². The second-order valence-electron chi connectivity index (χ2n) is 8.09. The smallest absolute Gasteiger partial charge is 0.287 e. The highest BCUT2D eigenvalue weighted by atomic mass is 35.5. The summed E-state index contributed by atoms with van der Waals surface area (Å²) in [6.07, 6.45) is 3.14. The lowest BCUT2D eigenvalue weighted by Crippen LogP contribution is -2.48. The van der Waals surface area contributed by atoms with Crippen LogP contribution in [0, 0.1) is 0 Å². The summed E-state index contributed by atoms with van der Waals surface area (Å²) in [6, 6.07) is 17.7. The molecule has 2 aromatic carbocycles. The Morgan fingerprint density at radius 2 is 1.77 bits per heavy atom. The Labute approximate surface area is 208 Å². The summed E-state index contributed by atoms with van der Waals surface area (Å²) in [6.45, 7) is 0.679. The van der Waals surface area contributed by atoms with Gasteiger partial charge in [-0.2, -0.15) is 0 Å². The van der Waals surface area contributed by atoms with Crippen molar-refractivity contribution in [3.8, 4) is 0 Å². The quantitative estimate of drug-likeness (QED) is 0.471. The van der Waals surface area contributed by atoms with Gasteiger partial charge in [-0.15, -0.1) is 0 Å². The van der Waals surface area contributed by atoms with Gasteiger partial charge in [0.15, 0.2) is 5.76 Å². The number of nitrogens with zero attached hydrogens (tertiary/aromatic N) is 1. The number of rotatable bonds is 9. The molecule has 1 saturated heterocycles. The Kier molecular flexibility index (Phi) is 8.18. The summed E-state index contributed by atoms with van der Waals surface area (Å²) in [4.78, 5) is 40.8. The van der Waals surface area contributed by atoms with Gasteiger partial charge in [0.25, 0.3) is 5.91 Å². The molecule has 0 unspecified atom stereocenters. The molecule has 4 rings (SSSR count). The van der Waals surface area contributed by atoms with Crippen LogP contribution < -0.4 is 15.5 Å². The van der Waals surface area contributed by atoms with E-state index < -0.39 is 17.9 Å². The van der Waals surface area contributed by atoms with E-state index in [-0.39, 0.29) is 24.3 Å². The number of carbonyl (C=O) groups excluding carboxylic acids is 3. The van der Waals surface area contributed by atoms with Crippen molar-refractivity contribution in [3.05, 3.63) is 89.3 Å². The molecule has 3 aromatic rings. The molecule has 35 heavy (non-hydrogen) atoms. The molecule has 2 atom stereocenters. The lowest BCUT2D eigenvalue weighted by Gasteiger charge is -2.32. The molecule has 1 aliphatic heterocycles. The van der Waals surface area contributed by atoms with Crippen LogP contribution in [0.5, 0.6) is 0 Å². The summed E-state index contributed by atoms with van der Waals surface area (Å²) in [5.41, 5.74) is 1.09. The van der Waals surface area contributed by atoms with E-state index in [1.165, 1.54) is 17.2 Å². The average Bonchev–Trinajstić information content (AvgIpc) is 3.60. The van der Waals surface area contributed by atoms with E-state index in [4.69, 9.17) is 20.8 Å². The largest absolute Gasteiger partial charge is 0.459 e. The summed E-state index contributed by atoms with van der Waals surface area (Å²) < 4.78 is 10.7. The Morgan fingerprint density at radius 1 is 1.00 bits per heavy atom. The molecule has 1 aliphatic rings. The highest BCUT2D eigenvalue weighted by molar-refractivity contribution is 6.30. The molecule has 2 heterocycles. The van der Waals surface area contributed by atoms with E-state index in [9.17, 15) is 14.4 Å². The van der Waals surface area contributed by atoms with E-state index in [0.717, 1.165) is 12.8 Å². The average molecular weight is 496 g/mol. The van der Waals surface area contributed by atoms with Gasteiger partial charge in [-0.1, -0.05) is 41.9 Å². The number of furan rings is 1. The predicted octanol–water partition coefficient (Wildman–Crippen LogP) is 3.73. The van der Waals surface area contributed by atoms with Crippen molar-refractivity contribution >= 4 is 35.0 Å². The minimum Gasteiger partial charge on any atom is -0.459 e. The Hall–Kier alpha value is -3.62. The third kappa shape index (κ3) is 6.29. The van der Waals surface area contributed by atoms with E-state index in [1.54, 1.807) is 54.6 Å². The first-order valence-electron chi connectivity index (χ1n) is 11.4. The van der Waals surface area contributed by atoms with Crippen LogP contribution in [0.3, 0.4) is 0 Å². The molecule has 9 heteroatoms. The monoisotopic (exact) mass is 495 g/mol. The maximum absolute atomic E-state index is 13.5. The van der Waals surface area contributed by atoms with Gasteiger partial charge in [0.1, 0.15) is 6.04 Å². The van der Waals surface area contributed by atoms with Crippen LogP contribution in [-0.4, -0.2) is 43.5 Å². The number of nitrogens with one attached hydrogen (secondary N) is 2. The van der Waals surface area contributed by atoms with Gasteiger partial charge >= 0.3 is 0 Å². The summed E-state index contributed by atoms with van der Waals surface area (Å²) in [7, 11) is 0. The van der Waals surface area contributed by atoms with Gasteiger partial charge in [0.05, 0.1) is 18.9 Å².